The van der Waals surface area contributed by atoms with E-state index in [0.717, 1.165) is 36.2 Å². The van der Waals surface area contributed by atoms with Crippen molar-refractivity contribution in [2.75, 3.05) is 5.43 Å². The first-order valence-electron chi connectivity index (χ1n) is 5.48. The molecular formula is C12H11ClFN3. The van der Waals surface area contributed by atoms with Crippen LogP contribution in [0.5, 0.6) is 0 Å². The first-order chi connectivity index (χ1) is 8.20. The van der Waals surface area contributed by atoms with Gasteiger partial charge in [-0.3, -0.25) is 10.8 Å². The fourth-order valence-electron chi connectivity index (χ4n) is 2.47. The Bertz CT molecular complexity index is 612. The monoisotopic (exact) mass is 251 g/mol. The summed E-state index contributed by atoms with van der Waals surface area (Å²) in [5.74, 6) is 5.19. The third kappa shape index (κ3) is 1.56. The predicted octanol–water partition coefficient (Wildman–Crippen LogP) is 2.80. The molecule has 1 aromatic heterocycles. The maximum Gasteiger partial charge on any atom is 0.126 e. The molecule has 17 heavy (non-hydrogen) atoms. The molecule has 0 fully saturated rings. The van der Waals surface area contributed by atoms with E-state index in [1.165, 1.54) is 12.1 Å². The number of hydrogen-bond acceptors (Lipinski definition) is 3. The van der Waals surface area contributed by atoms with Crippen molar-refractivity contribution in [3.8, 4) is 0 Å². The van der Waals surface area contributed by atoms with Crippen LogP contribution in [-0.4, -0.2) is 4.98 Å². The van der Waals surface area contributed by atoms with Crippen molar-refractivity contribution in [2.24, 2.45) is 5.84 Å². The van der Waals surface area contributed by atoms with Gasteiger partial charge in [0.25, 0.3) is 0 Å². The Hall–Kier alpha value is -1.39. The molecule has 88 valence electrons. The molecular weight excluding hydrogens is 241 g/mol. The smallest absolute Gasteiger partial charge is 0.126 e. The number of hydrogen-bond donors (Lipinski definition) is 2. The van der Waals surface area contributed by atoms with E-state index in [1.807, 2.05) is 0 Å². The standard InChI is InChI=1S/C12H11ClFN3/c13-8-4-6(14)5-10-11(8)12(17-15)7-2-1-3-9(7)16-10/h4-5H,1-3,15H2,(H,16,17). The fraction of sp³-hybridized carbons (Fsp3) is 0.250. The zero-order chi connectivity index (χ0) is 12.0. The molecule has 0 bridgehead atoms. The maximum absolute atomic E-state index is 13.3. The van der Waals surface area contributed by atoms with Gasteiger partial charge in [-0.15, -0.1) is 0 Å². The molecule has 2 aromatic rings. The largest absolute Gasteiger partial charge is 0.323 e. The van der Waals surface area contributed by atoms with Gasteiger partial charge in [0.1, 0.15) is 5.82 Å². The van der Waals surface area contributed by atoms with E-state index in [9.17, 15) is 4.39 Å². The fourth-order valence-corrected chi connectivity index (χ4v) is 2.77. The number of hydrazine groups is 1. The zero-order valence-electron chi connectivity index (χ0n) is 9.06. The molecule has 3 nitrogen and oxygen atoms in total. The van der Waals surface area contributed by atoms with E-state index in [4.69, 9.17) is 17.4 Å². The summed E-state index contributed by atoms with van der Waals surface area (Å²) in [6.45, 7) is 0. The summed E-state index contributed by atoms with van der Waals surface area (Å²) in [4.78, 5) is 4.47. The molecule has 0 unspecified atom stereocenters. The lowest BCUT2D eigenvalue weighted by molar-refractivity contribution is 0.629. The summed E-state index contributed by atoms with van der Waals surface area (Å²) < 4.78 is 13.3. The number of pyridine rings is 1. The highest BCUT2D eigenvalue weighted by Gasteiger charge is 2.20. The summed E-state index contributed by atoms with van der Waals surface area (Å²) in [6, 6.07) is 2.68. The Kier molecular flexibility index (Phi) is 2.42. The quantitative estimate of drug-likeness (QED) is 0.605. The highest BCUT2D eigenvalue weighted by molar-refractivity contribution is 6.36. The highest BCUT2D eigenvalue weighted by Crippen LogP contribution is 2.37. The summed E-state index contributed by atoms with van der Waals surface area (Å²) in [5.41, 5.74) is 6.13. The predicted molar refractivity (Wildman–Crippen MR) is 66.5 cm³/mol. The molecule has 1 aromatic carbocycles. The minimum atomic E-state index is -0.379. The summed E-state index contributed by atoms with van der Waals surface area (Å²) in [6.07, 6.45) is 2.90. The van der Waals surface area contributed by atoms with Crippen molar-refractivity contribution in [3.05, 3.63) is 34.2 Å². The Morgan fingerprint density at radius 2 is 2.18 bits per heavy atom. The van der Waals surface area contributed by atoms with Crippen molar-refractivity contribution in [1.29, 1.82) is 0 Å². The lowest BCUT2D eigenvalue weighted by Gasteiger charge is -2.12. The number of nitrogens with zero attached hydrogens (tertiary/aromatic N) is 1. The molecule has 3 rings (SSSR count). The molecule has 1 aliphatic rings. The second-order valence-electron chi connectivity index (χ2n) is 4.19. The van der Waals surface area contributed by atoms with Crippen LogP contribution in [0.15, 0.2) is 12.1 Å². The van der Waals surface area contributed by atoms with Crippen LogP contribution in [0.4, 0.5) is 10.1 Å². The van der Waals surface area contributed by atoms with E-state index in [0.29, 0.717) is 15.9 Å². The van der Waals surface area contributed by atoms with Crippen molar-refractivity contribution in [1.82, 2.24) is 4.98 Å². The Labute approximate surface area is 103 Å². The maximum atomic E-state index is 13.3. The van der Waals surface area contributed by atoms with Gasteiger partial charge in [-0.05, 0) is 30.9 Å². The third-order valence-corrected chi connectivity index (χ3v) is 3.47. The number of aromatic nitrogens is 1. The lowest BCUT2D eigenvalue weighted by Crippen LogP contribution is -2.11. The zero-order valence-corrected chi connectivity index (χ0v) is 9.81. The highest BCUT2D eigenvalue weighted by atomic mass is 35.5. The molecule has 0 amide bonds. The van der Waals surface area contributed by atoms with Crippen molar-refractivity contribution >= 4 is 28.2 Å². The molecule has 5 heteroatoms. The number of halogens is 2. The molecule has 0 atom stereocenters. The minimum absolute atomic E-state index is 0.343. The molecule has 0 radical (unpaired) electrons. The van der Waals surface area contributed by atoms with Crippen LogP contribution in [0.2, 0.25) is 5.02 Å². The normalized spacial score (nSPS) is 14.1. The number of rotatable bonds is 1. The van der Waals surface area contributed by atoms with Crippen LogP contribution < -0.4 is 11.3 Å². The number of anilines is 1. The van der Waals surface area contributed by atoms with Gasteiger partial charge in [-0.2, -0.15) is 0 Å². The van der Waals surface area contributed by atoms with Gasteiger partial charge in [-0.25, -0.2) is 4.39 Å². The number of benzene rings is 1. The summed E-state index contributed by atoms with van der Waals surface area (Å²) in [7, 11) is 0. The van der Waals surface area contributed by atoms with Gasteiger partial charge in [-0.1, -0.05) is 11.6 Å². The van der Waals surface area contributed by atoms with Crippen molar-refractivity contribution < 1.29 is 4.39 Å². The molecule has 1 aliphatic carbocycles. The first kappa shape index (κ1) is 10.7. The van der Waals surface area contributed by atoms with Gasteiger partial charge in [0.2, 0.25) is 0 Å². The van der Waals surface area contributed by atoms with Gasteiger partial charge in [0.05, 0.1) is 16.2 Å². The SMILES string of the molecule is NNc1c2c(nc3cc(F)cc(Cl)c13)CCC2. The number of fused-ring (bicyclic) bond motifs is 2. The number of nitrogens with one attached hydrogen (secondary N) is 1. The average molecular weight is 252 g/mol. The van der Waals surface area contributed by atoms with Crippen LogP contribution in [0.3, 0.4) is 0 Å². The molecule has 0 saturated heterocycles. The van der Waals surface area contributed by atoms with E-state index in [-0.39, 0.29) is 5.82 Å². The molecule has 3 N–H and O–H groups in total. The van der Waals surface area contributed by atoms with E-state index >= 15 is 0 Å². The van der Waals surface area contributed by atoms with Crippen LogP contribution in [0, 0.1) is 5.82 Å². The topological polar surface area (TPSA) is 50.9 Å². The van der Waals surface area contributed by atoms with Crippen LogP contribution in [0.1, 0.15) is 17.7 Å². The number of aryl methyl sites for hydroxylation is 1. The van der Waals surface area contributed by atoms with Crippen molar-refractivity contribution in [2.45, 2.75) is 19.3 Å². The first-order valence-corrected chi connectivity index (χ1v) is 5.85. The molecule has 0 saturated carbocycles. The van der Waals surface area contributed by atoms with Gasteiger partial charge in [0.15, 0.2) is 0 Å². The average Bonchev–Trinajstić information content (AvgIpc) is 2.73. The Morgan fingerprint density at radius 1 is 1.35 bits per heavy atom. The van der Waals surface area contributed by atoms with Crippen LogP contribution in [0.25, 0.3) is 10.9 Å². The second-order valence-corrected chi connectivity index (χ2v) is 4.60. The third-order valence-electron chi connectivity index (χ3n) is 3.17. The van der Waals surface area contributed by atoms with Gasteiger partial charge in [0, 0.05) is 17.1 Å². The minimum Gasteiger partial charge on any atom is -0.323 e. The van der Waals surface area contributed by atoms with Crippen LogP contribution in [-0.2, 0) is 12.8 Å². The summed E-state index contributed by atoms with van der Waals surface area (Å²) >= 11 is 6.07. The van der Waals surface area contributed by atoms with Gasteiger partial charge >= 0.3 is 0 Å². The molecule has 0 aliphatic heterocycles. The molecule has 0 spiro atoms. The number of nitrogens with two attached hydrogens (primary N) is 1. The van der Waals surface area contributed by atoms with Crippen molar-refractivity contribution in [3.63, 3.8) is 0 Å². The van der Waals surface area contributed by atoms with Gasteiger partial charge < -0.3 is 5.43 Å². The molecule has 1 heterocycles. The van der Waals surface area contributed by atoms with E-state index in [2.05, 4.69) is 10.4 Å². The van der Waals surface area contributed by atoms with E-state index < -0.39 is 0 Å². The van der Waals surface area contributed by atoms with Crippen LogP contribution >= 0.6 is 11.6 Å². The Morgan fingerprint density at radius 3 is 2.94 bits per heavy atom. The Balaban J connectivity index is 2.45. The van der Waals surface area contributed by atoms with E-state index in [1.54, 1.807) is 0 Å². The summed E-state index contributed by atoms with van der Waals surface area (Å²) in [5, 5.41) is 1.05. The lowest BCUT2D eigenvalue weighted by atomic mass is 10.1. The number of nitrogen functional groups attached to an aromatic ring is 1. The second kappa shape index (κ2) is 3.82.